The number of hydrogen-bond donors (Lipinski definition) is 2. The standard InChI is InChI=1S/C14H11Cl2N3O2/c15-10-6-9(7-11(16)18-10)14(21)19-12(13(17)20)8-4-2-1-3-5-8/h1-7,12H,(H2,17,20)(H,19,21). The average molecular weight is 324 g/mol. The summed E-state index contributed by atoms with van der Waals surface area (Å²) < 4.78 is 0. The predicted molar refractivity (Wildman–Crippen MR) is 80.1 cm³/mol. The van der Waals surface area contributed by atoms with Crippen molar-refractivity contribution in [3.05, 3.63) is 63.9 Å². The van der Waals surface area contributed by atoms with Crippen LogP contribution in [0.1, 0.15) is 22.0 Å². The molecule has 0 saturated heterocycles. The fourth-order valence-electron chi connectivity index (χ4n) is 1.77. The first-order valence-electron chi connectivity index (χ1n) is 5.95. The predicted octanol–water partition coefficient (Wildman–Crippen LogP) is 2.34. The van der Waals surface area contributed by atoms with Gasteiger partial charge in [-0.05, 0) is 17.7 Å². The topological polar surface area (TPSA) is 85.1 Å². The Labute approximate surface area is 131 Å². The third-order valence-corrected chi connectivity index (χ3v) is 3.11. The molecule has 1 unspecified atom stereocenters. The van der Waals surface area contributed by atoms with Crippen molar-refractivity contribution in [3.8, 4) is 0 Å². The number of primary amides is 1. The summed E-state index contributed by atoms with van der Waals surface area (Å²) in [5.74, 6) is -1.19. The SMILES string of the molecule is NC(=O)C(NC(=O)c1cc(Cl)nc(Cl)c1)c1ccccc1. The highest BCUT2D eigenvalue weighted by Gasteiger charge is 2.21. The summed E-state index contributed by atoms with van der Waals surface area (Å²) in [6.07, 6.45) is 0. The molecule has 0 radical (unpaired) electrons. The number of aromatic nitrogens is 1. The number of hydrogen-bond acceptors (Lipinski definition) is 3. The molecule has 7 heteroatoms. The van der Waals surface area contributed by atoms with Gasteiger partial charge < -0.3 is 11.1 Å². The van der Waals surface area contributed by atoms with Crippen LogP contribution >= 0.6 is 23.2 Å². The zero-order valence-corrected chi connectivity index (χ0v) is 12.2. The summed E-state index contributed by atoms with van der Waals surface area (Å²) in [5.41, 5.74) is 6.12. The number of pyridine rings is 1. The van der Waals surface area contributed by atoms with E-state index in [4.69, 9.17) is 28.9 Å². The second-order valence-electron chi connectivity index (χ2n) is 4.22. The molecule has 0 saturated carbocycles. The summed E-state index contributed by atoms with van der Waals surface area (Å²) in [4.78, 5) is 27.5. The number of nitrogens with two attached hydrogens (primary N) is 1. The van der Waals surface area contributed by atoms with E-state index >= 15 is 0 Å². The molecule has 0 aliphatic carbocycles. The van der Waals surface area contributed by atoms with Crippen molar-refractivity contribution in [2.45, 2.75) is 6.04 Å². The van der Waals surface area contributed by atoms with Crippen molar-refractivity contribution >= 4 is 35.0 Å². The van der Waals surface area contributed by atoms with Gasteiger partial charge in [-0.25, -0.2) is 4.98 Å². The van der Waals surface area contributed by atoms with E-state index < -0.39 is 17.9 Å². The molecule has 0 bridgehead atoms. The molecule has 1 aromatic heterocycles. The zero-order valence-electron chi connectivity index (χ0n) is 10.7. The fourth-order valence-corrected chi connectivity index (χ4v) is 2.24. The summed E-state index contributed by atoms with van der Waals surface area (Å²) in [6, 6.07) is 10.5. The van der Waals surface area contributed by atoms with E-state index in [-0.39, 0.29) is 15.9 Å². The summed E-state index contributed by atoms with van der Waals surface area (Å²) in [6.45, 7) is 0. The number of amides is 2. The van der Waals surface area contributed by atoms with E-state index in [0.717, 1.165) is 0 Å². The summed E-state index contributed by atoms with van der Waals surface area (Å²) in [5, 5.41) is 2.72. The molecule has 1 heterocycles. The van der Waals surface area contributed by atoms with Crippen LogP contribution < -0.4 is 11.1 Å². The minimum atomic E-state index is -0.940. The Bertz CT molecular complexity index is 657. The van der Waals surface area contributed by atoms with Gasteiger partial charge in [-0.2, -0.15) is 0 Å². The molecule has 0 aliphatic rings. The normalized spacial score (nSPS) is 11.7. The van der Waals surface area contributed by atoms with Crippen LogP contribution in [0.3, 0.4) is 0 Å². The van der Waals surface area contributed by atoms with Crippen molar-refractivity contribution in [1.82, 2.24) is 10.3 Å². The Morgan fingerprint density at radius 2 is 1.67 bits per heavy atom. The van der Waals surface area contributed by atoms with Gasteiger partial charge in [0, 0.05) is 5.56 Å². The van der Waals surface area contributed by atoms with E-state index in [0.29, 0.717) is 5.56 Å². The van der Waals surface area contributed by atoms with Gasteiger partial charge in [0.05, 0.1) is 0 Å². The van der Waals surface area contributed by atoms with E-state index in [1.165, 1.54) is 12.1 Å². The Hall–Kier alpha value is -2.11. The summed E-state index contributed by atoms with van der Waals surface area (Å²) in [7, 11) is 0. The maximum atomic E-state index is 12.2. The molecule has 21 heavy (non-hydrogen) atoms. The van der Waals surface area contributed by atoms with Gasteiger partial charge in [-0.15, -0.1) is 0 Å². The smallest absolute Gasteiger partial charge is 0.252 e. The third-order valence-electron chi connectivity index (χ3n) is 2.72. The molecule has 0 spiro atoms. The quantitative estimate of drug-likeness (QED) is 0.847. The monoisotopic (exact) mass is 323 g/mol. The number of rotatable bonds is 4. The Morgan fingerprint density at radius 3 is 2.19 bits per heavy atom. The van der Waals surface area contributed by atoms with Gasteiger partial charge in [-0.3, -0.25) is 9.59 Å². The van der Waals surface area contributed by atoms with Gasteiger partial charge in [0.2, 0.25) is 5.91 Å². The number of halogens is 2. The molecule has 3 N–H and O–H groups in total. The number of carbonyl (C=O) groups is 2. The molecule has 5 nitrogen and oxygen atoms in total. The van der Waals surface area contributed by atoms with Crippen molar-refractivity contribution in [2.24, 2.45) is 5.73 Å². The van der Waals surface area contributed by atoms with Crippen LogP contribution in [0.2, 0.25) is 10.3 Å². The second-order valence-corrected chi connectivity index (χ2v) is 5.00. The summed E-state index contributed by atoms with van der Waals surface area (Å²) >= 11 is 11.5. The van der Waals surface area contributed by atoms with Gasteiger partial charge in [0.1, 0.15) is 16.3 Å². The molecule has 108 valence electrons. The van der Waals surface area contributed by atoms with E-state index in [1.807, 2.05) is 0 Å². The van der Waals surface area contributed by atoms with Crippen molar-refractivity contribution < 1.29 is 9.59 Å². The lowest BCUT2D eigenvalue weighted by molar-refractivity contribution is -0.120. The van der Waals surface area contributed by atoms with E-state index in [2.05, 4.69) is 10.3 Å². The molecular weight excluding hydrogens is 313 g/mol. The highest BCUT2D eigenvalue weighted by Crippen LogP contribution is 2.17. The van der Waals surface area contributed by atoms with Gasteiger partial charge in [-0.1, -0.05) is 53.5 Å². The first-order valence-corrected chi connectivity index (χ1v) is 6.71. The minimum Gasteiger partial charge on any atom is -0.368 e. The van der Waals surface area contributed by atoms with Crippen LogP contribution in [0.15, 0.2) is 42.5 Å². The van der Waals surface area contributed by atoms with E-state index in [9.17, 15) is 9.59 Å². The van der Waals surface area contributed by atoms with Crippen LogP contribution in [-0.4, -0.2) is 16.8 Å². The van der Waals surface area contributed by atoms with Crippen molar-refractivity contribution in [2.75, 3.05) is 0 Å². The van der Waals surface area contributed by atoms with Gasteiger partial charge in [0.25, 0.3) is 5.91 Å². The number of carbonyl (C=O) groups excluding carboxylic acids is 2. The highest BCUT2D eigenvalue weighted by atomic mass is 35.5. The van der Waals surface area contributed by atoms with Gasteiger partial charge in [0.15, 0.2) is 0 Å². The minimum absolute atomic E-state index is 0.0861. The first-order chi connectivity index (χ1) is 9.97. The highest BCUT2D eigenvalue weighted by molar-refractivity contribution is 6.33. The van der Waals surface area contributed by atoms with Crippen LogP contribution in [0.5, 0.6) is 0 Å². The second kappa shape index (κ2) is 6.56. The lowest BCUT2D eigenvalue weighted by Gasteiger charge is -2.16. The van der Waals surface area contributed by atoms with Gasteiger partial charge >= 0.3 is 0 Å². The maximum Gasteiger partial charge on any atom is 0.252 e. The molecule has 1 atom stereocenters. The van der Waals surface area contributed by atoms with Crippen molar-refractivity contribution in [1.29, 1.82) is 0 Å². The molecular formula is C14H11Cl2N3O2. The molecule has 2 amide bonds. The van der Waals surface area contributed by atoms with Crippen LogP contribution in [0, 0.1) is 0 Å². The Morgan fingerprint density at radius 1 is 1.10 bits per heavy atom. The van der Waals surface area contributed by atoms with Crippen molar-refractivity contribution in [3.63, 3.8) is 0 Å². The van der Waals surface area contributed by atoms with Crippen LogP contribution in [0.4, 0.5) is 0 Å². The lowest BCUT2D eigenvalue weighted by Crippen LogP contribution is -2.37. The number of nitrogens with one attached hydrogen (secondary N) is 1. The average Bonchev–Trinajstić information content (AvgIpc) is 2.44. The molecule has 0 fully saturated rings. The van der Waals surface area contributed by atoms with Crippen LogP contribution in [-0.2, 0) is 4.79 Å². The maximum absolute atomic E-state index is 12.2. The molecule has 1 aromatic carbocycles. The zero-order chi connectivity index (χ0) is 15.4. The fraction of sp³-hybridized carbons (Fsp3) is 0.0714. The number of nitrogens with zero attached hydrogens (tertiary/aromatic N) is 1. The Balaban J connectivity index is 2.25. The lowest BCUT2D eigenvalue weighted by atomic mass is 10.1. The molecule has 2 aromatic rings. The third kappa shape index (κ3) is 3.93. The number of benzene rings is 1. The first kappa shape index (κ1) is 15.3. The molecule has 2 rings (SSSR count). The Kier molecular flexibility index (Phi) is 4.77. The van der Waals surface area contributed by atoms with Crippen LogP contribution in [0.25, 0.3) is 0 Å². The largest absolute Gasteiger partial charge is 0.368 e. The van der Waals surface area contributed by atoms with E-state index in [1.54, 1.807) is 30.3 Å². The molecule has 0 aliphatic heterocycles.